The fourth-order valence-electron chi connectivity index (χ4n) is 0.521. The van der Waals surface area contributed by atoms with Crippen molar-refractivity contribution in [2.45, 2.75) is 0 Å². The quantitative estimate of drug-likeness (QED) is 0.533. The van der Waals surface area contributed by atoms with Crippen molar-refractivity contribution in [2.24, 2.45) is 0 Å². The molecule has 0 aliphatic carbocycles. The van der Waals surface area contributed by atoms with Crippen molar-refractivity contribution < 1.29 is 49.8 Å². The summed E-state index contributed by atoms with van der Waals surface area (Å²) in [4.78, 5) is 0. The molecule has 0 spiro atoms. The average Bonchev–Trinajstić information content (AvgIpc) is 1.90. The molecule has 0 atom stereocenters. The summed E-state index contributed by atoms with van der Waals surface area (Å²) in [6.45, 7) is 0. The topological polar surface area (TPSA) is 12.0 Å². The van der Waals surface area contributed by atoms with Crippen molar-refractivity contribution in [2.75, 3.05) is 3.26 Å². The summed E-state index contributed by atoms with van der Waals surface area (Å²) in [7, 11) is 0. The summed E-state index contributed by atoms with van der Waals surface area (Å²) >= 11 is 1.34. The molecule has 53 valence electrons. The van der Waals surface area contributed by atoms with Crippen LogP contribution in [-0.4, -0.2) is 0 Å². The van der Waals surface area contributed by atoms with E-state index < -0.39 is 0 Å². The molecule has 1 N–H and O–H groups in total. The number of para-hydroxylation sites is 1. The van der Waals surface area contributed by atoms with Crippen LogP contribution in [0.1, 0.15) is 0 Å². The first kappa shape index (κ1) is 13.1. The van der Waals surface area contributed by atoms with E-state index in [1.54, 1.807) is 0 Å². The van der Waals surface area contributed by atoms with E-state index >= 15 is 0 Å². The van der Waals surface area contributed by atoms with Gasteiger partial charge in [-0.15, -0.1) is 0 Å². The molecular weight excluding hydrogens is 248 g/mol. The van der Waals surface area contributed by atoms with Crippen LogP contribution in [0, 0.1) is 0 Å². The fourth-order valence-corrected chi connectivity index (χ4v) is 0.931. The number of anilines is 1. The number of benzene rings is 1. The summed E-state index contributed by atoms with van der Waals surface area (Å²) < 4.78 is 3.12. The van der Waals surface area contributed by atoms with Crippen molar-refractivity contribution in [1.82, 2.24) is 0 Å². The summed E-state index contributed by atoms with van der Waals surface area (Å²) in [6, 6.07) is 10.2. The van der Waals surface area contributed by atoms with Gasteiger partial charge in [0.25, 0.3) is 0 Å². The van der Waals surface area contributed by atoms with Crippen LogP contribution in [0.25, 0.3) is 0 Å². The van der Waals surface area contributed by atoms with Crippen LogP contribution >= 0.6 is 0 Å². The van der Waals surface area contributed by atoms with Crippen molar-refractivity contribution in [3.05, 3.63) is 30.3 Å². The van der Waals surface area contributed by atoms with Crippen LogP contribution < -0.4 is 28.1 Å². The van der Waals surface area contributed by atoms with Gasteiger partial charge in [0.15, 0.2) is 0 Å². The van der Waals surface area contributed by atoms with Gasteiger partial charge < -0.3 is 24.8 Å². The predicted molar refractivity (Wildman–Crippen MR) is 30.1 cm³/mol. The van der Waals surface area contributed by atoms with Crippen LogP contribution in [0.15, 0.2) is 30.3 Å². The van der Waals surface area contributed by atoms with E-state index in [-0.39, 0.29) is 24.8 Å². The normalized spacial score (nSPS) is 7.00. The van der Waals surface area contributed by atoms with Gasteiger partial charge in [0.2, 0.25) is 0 Å². The van der Waals surface area contributed by atoms with Gasteiger partial charge in [0.1, 0.15) is 0 Å². The first-order valence-corrected chi connectivity index (χ1v) is 3.64. The second kappa shape index (κ2) is 7.59. The van der Waals surface area contributed by atoms with Crippen LogP contribution in [0.4, 0.5) is 5.69 Å². The number of nitrogens with one attached hydrogen (secondary N) is 1. The van der Waals surface area contributed by atoms with Gasteiger partial charge in [-0.2, -0.15) is 0 Å². The Morgan fingerprint density at radius 3 is 1.80 bits per heavy atom. The third-order valence-corrected chi connectivity index (χ3v) is 1.63. The number of hydrogen-bond donors (Lipinski definition) is 1. The molecule has 1 aromatic carbocycles. The molecule has 10 heavy (non-hydrogen) atoms. The van der Waals surface area contributed by atoms with E-state index in [0.717, 1.165) is 0 Å². The van der Waals surface area contributed by atoms with Crippen LogP contribution in [0.2, 0.25) is 0 Å². The SMILES string of the molecule is [Cl-].[Cl-].[Zr+2][NH]c1ccccc1. The molecule has 0 heterocycles. The average molecular weight is 254 g/mol. The van der Waals surface area contributed by atoms with Crippen LogP contribution in [0.3, 0.4) is 0 Å². The van der Waals surface area contributed by atoms with E-state index in [1.807, 2.05) is 18.2 Å². The number of halogens is 2. The van der Waals surface area contributed by atoms with Gasteiger partial charge in [-0.3, -0.25) is 0 Å². The Morgan fingerprint density at radius 2 is 1.50 bits per heavy atom. The molecule has 0 aliphatic rings. The van der Waals surface area contributed by atoms with Crippen LogP contribution in [0.5, 0.6) is 0 Å². The molecule has 0 amide bonds. The Labute approximate surface area is 88.7 Å². The van der Waals surface area contributed by atoms with E-state index in [2.05, 4.69) is 15.4 Å². The number of hydrogen-bond acceptors (Lipinski definition) is 1. The Kier molecular flexibility index (Phi) is 9.94. The zero-order chi connectivity index (χ0) is 5.82. The third kappa shape index (κ3) is 4.32. The molecule has 1 nitrogen and oxygen atoms in total. The van der Waals surface area contributed by atoms with E-state index in [1.165, 1.54) is 30.7 Å². The molecule has 4 heteroatoms. The maximum atomic E-state index is 3.12. The first-order valence-electron chi connectivity index (χ1n) is 2.41. The molecule has 0 unspecified atom stereocenters. The molecule has 1 rings (SSSR count). The maximum absolute atomic E-state index is 3.12. The molecule has 0 aromatic heterocycles. The van der Waals surface area contributed by atoms with Gasteiger partial charge in [-0.1, -0.05) is 0 Å². The molecule has 0 bridgehead atoms. The number of rotatable bonds is 1. The molecular formula is C6H6Cl2NZr. The van der Waals surface area contributed by atoms with Gasteiger partial charge in [-0.05, 0) is 0 Å². The molecule has 0 saturated carbocycles. The minimum atomic E-state index is 0. The Hall–Kier alpha value is 0.483. The van der Waals surface area contributed by atoms with Crippen LogP contribution in [-0.2, 0) is 25.0 Å². The Bertz CT molecular complexity index is 157. The molecule has 0 saturated heterocycles. The summed E-state index contributed by atoms with van der Waals surface area (Å²) in [6.07, 6.45) is 0. The van der Waals surface area contributed by atoms with Crippen molar-refractivity contribution in [3.63, 3.8) is 0 Å². The first-order chi connectivity index (χ1) is 3.93. The second-order valence-corrected chi connectivity index (χ2v) is 2.11. The molecule has 1 aromatic rings. The van der Waals surface area contributed by atoms with E-state index in [9.17, 15) is 0 Å². The molecule has 0 radical (unpaired) electrons. The van der Waals surface area contributed by atoms with Crippen molar-refractivity contribution in [1.29, 1.82) is 0 Å². The summed E-state index contributed by atoms with van der Waals surface area (Å²) in [5.41, 5.74) is 1.20. The Balaban J connectivity index is 0. The van der Waals surface area contributed by atoms with Crippen molar-refractivity contribution >= 4 is 5.69 Å². The Morgan fingerprint density at radius 1 is 1.00 bits per heavy atom. The zero-order valence-electron chi connectivity index (χ0n) is 5.14. The van der Waals surface area contributed by atoms with Gasteiger partial charge >= 0.3 is 64.3 Å². The monoisotopic (exact) mass is 252 g/mol. The molecule has 0 fully saturated rings. The van der Waals surface area contributed by atoms with Gasteiger partial charge in [0.05, 0.1) is 0 Å². The minimum absolute atomic E-state index is 0. The molecule has 0 aliphatic heterocycles. The predicted octanol–water partition coefficient (Wildman–Crippen LogP) is -4.43. The summed E-state index contributed by atoms with van der Waals surface area (Å²) in [5, 5.41) is 0. The zero-order valence-corrected chi connectivity index (χ0v) is 9.11. The standard InChI is InChI=1S/C6H6N.2ClH.Zr/c7-6-4-2-1-3-5-6;;;/h1-5,7H;2*1H;/q-1;;;+3/p-2. The summed E-state index contributed by atoms with van der Waals surface area (Å²) in [5.74, 6) is 0. The van der Waals surface area contributed by atoms with Gasteiger partial charge in [-0.25, -0.2) is 0 Å². The van der Waals surface area contributed by atoms with E-state index in [4.69, 9.17) is 0 Å². The third-order valence-electron chi connectivity index (χ3n) is 0.918. The van der Waals surface area contributed by atoms with Gasteiger partial charge in [0, 0.05) is 0 Å². The fraction of sp³-hybridized carbons (Fsp3) is 0. The van der Waals surface area contributed by atoms with E-state index in [0.29, 0.717) is 0 Å². The van der Waals surface area contributed by atoms with Crippen molar-refractivity contribution in [3.8, 4) is 0 Å². The second-order valence-electron chi connectivity index (χ2n) is 1.49.